The Morgan fingerprint density at radius 2 is 1.83 bits per heavy atom. The number of ether oxygens (including phenoxy) is 2. The number of nitrogens with two attached hydrogens (primary N) is 1. The minimum atomic E-state index is -0.909. The molecule has 0 radical (unpaired) electrons. The highest BCUT2D eigenvalue weighted by molar-refractivity contribution is 6.39. The van der Waals surface area contributed by atoms with Gasteiger partial charge in [-0.15, -0.1) is 0 Å². The predicted molar refractivity (Wildman–Crippen MR) is 84.2 cm³/mol. The summed E-state index contributed by atoms with van der Waals surface area (Å²) in [5, 5.41) is 19.6. The van der Waals surface area contributed by atoms with Gasteiger partial charge in [0.1, 0.15) is 18.5 Å². The fourth-order valence-electron chi connectivity index (χ4n) is 2.35. The standard InChI is InChI=1S/C15H12Cl2FNO4/c16-9-1-6(20)2-10(17)12(9)8-3-11(18)13(21)15-14(8)23-7(4-19)5-22-15/h1-3,7,20-21H,4-5,19H2/t7-/m0/s1. The quantitative estimate of drug-likeness (QED) is 0.765. The van der Waals surface area contributed by atoms with Crippen molar-refractivity contribution in [3.05, 3.63) is 34.1 Å². The lowest BCUT2D eigenvalue weighted by Gasteiger charge is -2.28. The first-order valence-corrected chi connectivity index (χ1v) is 7.41. The minimum absolute atomic E-state index is 0.0804. The second kappa shape index (κ2) is 5.96. The lowest BCUT2D eigenvalue weighted by atomic mass is 10.0. The molecule has 2 aromatic carbocycles. The fourth-order valence-corrected chi connectivity index (χ4v) is 3.02. The van der Waals surface area contributed by atoms with E-state index in [4.69, 9.17) is 38.4 Å². The Balaban J connectivity index is 2.27. The van der Waals surface area contributed by atoms with E-state index in [9.17, 15) is 14.6 Å². The summed E-state index contributed by atoms with van der Waals surface area (Å²) in [6.07, 6.45) is -0.458. The molecule has 0 fully saturated rings. The third-order valence-corrected chi connectivity index (χ3v) is 4.02. The number of phenolic OH excluding ortho intramolecular Hbond substituents is 2. The molecule has 3 rings (SSSR count). The van der Waals surface area contributed by atoms with Crippen LogP contribution in [-0.4, -0.2) is 29.5 Å². The third-order valence-electron chi connectivity index (χ3n) is 3.42. The van der Waals surface area contributed by atoms with Gasteiger partial charge < -0.3 is 25.4 Å². The molecule has 122 valence electrons. The van der Waals surface area contributed by atoms with Crippen molar-refractivity contribution in [3.63, 3.8) is 0 Å². The van der Waals surface area contributed by atoms with Crippen LogP contribution in [0.25, 0.3) is 11.1 Å². The number of rotatable bonds is 2. The van der Waals surface area contributed by atoms with Crippen molar-refractivity contribution in [2.75, 3.05) is 13.2 Å². The molecular weight excluding hydrogens is 348 g/mol. The number of aromatic hydroxyl groups is 2. The van der Waals surface area contributed by atoms with Crippen LogP contribution in [0.2, 0.25) is 10.0 Å². The molecule has 0 aliphatic carbocycles. The molecule has 0 bridgehead atoms. The Hall–Kier alpha value is -1.89. The van der Waals surface area contributed by atoms with E-state index < -0.39 is 17.7 Å². The molecule has 1 aliphatic heterocycles. The number of hydrogen-bond acceptors (Lipinski definition) is 5. The summed E-state index contributed by atoms with van der Waals surface area (Å²) in [5.74, 6) is -1.74. The Morgan fingerprint density at radius 1 is 1.17 bits per heavy atom. The monoisotopic (exact) mass is 359 g/mol. The smallest absolute Gasteiger partial charge is 0.207 e. The first kappa shape index (κ1) is 16.0. The number of phenols is 2. The first-order valence-electron chi connectivity index (χ1n) is 6.65. The molecule has 5 nitrogen and oxygen atoms in total. The highest BCUT2D eigenvalue weighted by Crippen LogP contribution is 2.51. The van der Waals surface area contributed by atoms with Crippen LogP contribution in [0, 0.1) is 5.82 Å². The highest BCUT2D eigenvalue weighted by Gasteiger charge is 2.30. The molecule has 0 saturated heterocycles. The lowest BCUT2D eigenvalue weighted by Crippen LogP contribution is -2.36. The predicted octanol–water partition coefficient (Wildman–Crippen LogP) is 3.31. The van der Waals surface area contributed by atoms with E-state index in [0.717, 1.165) is 6.07 Å². The van der Waals surface area contributed by atoms with Gasteiger partial charge in [-0.3, -0.25) is 0 Å². The van der Waals surface area contributed by atoms with Crippen LogP contribution in [-0.2, 0) is 0 Å². The van der Waals surface area contributed by atoms with Gasteiger partial charge in [0.05, 0.1) is 10.0 Å². The van der Waals surface area contributed by atoms with Gasteiger partial charge in [0.15, 0.2) is 17.3 Å². The zero-order valence-corrected chi connectivity index (χ0v) is 13.2. The highest BCUT2D eigenvalue weighted by atomic mass is 35.5. The van der Waals surface area contributed by atoms with E-state index in [-0.39, 0.29) is 51.6 Å². The molecule has 0 unspecified atom stereocenters. The Kier molecular flexibility index (Phi) is 4.14. The second-order valence-corrected chi connectivity index (χ2v) is 5.80. The first-order chi connectivity index (χ1) is 10.9. The van der Waals surface area contributed by atoms with Crippen LogP contribution >= 0.6 is 23.2 Å². The van der Waals surface area contributed by atoms with E-state index in [2.05, 4.69) is 0 Å². The summed E-state index contributed by atoms with van der Waals surface area (Å²) < 4.78 is 25.1. The molecule has 0 amide bonds. The van der Waals surface area contributed by atoms with Gasteiger partial charge in [0.25, 0.3) is 0 Å². The summed E-state index contributed by atoms with van der Waals surface area (Å²) in [7, 11) is 0. The minimum Gasteiger partial charge on any atom is -0.508 e. The topological polar surface area (TPSA) is 84.9 Å². The average molecular weight is 360 g/mol. The average Bonchev–Trinajstić information content (AvgIpc) is 2.50. The third kappa shape index (κ3) is 2.73. The van der Waals surface area contributed by atoms with Crippen molar-refractivity contribution in [2.24, 2.45) is 5.73 Å². The molecule has 0 saturated carbocycles. The van der Waals surface area contributed by atoms with Gasteiger partial charge in [-0.1, -0.05) is 23.2 Å². The molecule has 1 aliphatic rings. The largest absolute Gasteiger partial charge is 0.508 e. The van der Waals surface area contributed by atoms with Crippen molar-refractivity contribution < 1.29 is 24.1 Å². The summed E-state index contributed by atoms with van der Waals surface area (Å²) in [6, 6.07) is 3.58. The van der Waals surface area contributed by atoms with E-state index in [1.54, 1.807) is 0 Å². The maximum Gasteiger partial charge on any atom is 0.207 e. The number of halogens is 3. The second-order valence-electron chi connectivity index (χ2n) is 4.98. The van der Waals surface area contributed by atoms with Crippen molar-refractivity contribution in [1.82, 2.24) is 0 Å². The van der Waals surface area contributed by atoms with Crippen molar-refractivity contribution in [3.8, 4) is 34.1 Å². The van der Waals surface area contributed by atoms with E-state index in [1.807, 2.05) is 0 Å². The fraction of sp³-hybridized carbons (Fsp3) is 0.200. The molecule has 1 heterocycles. The van der Waals surface area contributed by atoms with Crippen LogP contribution in [0.4, 0.5) is 4.39 Å². The summed E-state index contributed by atoms with van der Waals surface area (Å²) >= 11 is 12.2. The molecule has 8 heteroatoms. The van der Waals surface area contributed by atoms with Gasteiger partial charge in [-0.2, -0.15) is 0 Å². The number of hydrogen-bond donors (Lipinski definition) is 3. The lowest BCUT2D eigenvalue weighted by molar-refractivity contribution is 0.0935. The molecule has 23 heavy (non-hydrogen) atoms. The van der Waals surface area contributed by atoms with Gasteiger partial charge in [0, 0.05) is 17.7 Å². The van der Waals surface area contributed by atoms with E-state index in [0.29, 0.717) is 0 Å². The van der Waals surface area contributed by atoms with Crippen molar-refractivity contribution in [2.45, 2.75) is 6.10 Å². The van der Waals surface area contributed by atoms with E-state index >= 15 is 0 Å². The molecular formula is C15H12Cl2FNO4. The number of benzene rings is 2. The zero-order valence-electron chi connectivity index (χ0n) is 11.6. The molecule has 2 aromatic rings. The summed E-state index contributed by atoms with van der Waals surface area (Å²) in [4.78, 5) is 0. The Morgan fingerprint density at radius 3 is 2.43 bits per heavy atom. The van der Waals surface area contributed by atoms with E-state index in [1.165, 1.54) is 12.1 Å². The Labute approximate surface area is 141 Å². The number of fused-ring (bicyclic) bond motifs is 1. The van der Waals surface area contributed by atoms with Crippen LogP contribution < -0.4 is 15.2 Å². The molecule has 4 N–H and O–H groups in total. The SMILES string of the molecule is NC[C@H]1COc2c(O)c(F)cc(-c3c(Cl)cc(O)cc3Cl)c2O1. The van der Waals surface area contributed by atoms with Crippen LogP contribution in [0.15, 0.2) is 18.2 Å². The molecule has 1 atom stereocenters. The van der Waals surface area contributed by atoms with Crippen molar-refractivity contribution in [1.29, 1.82) is 0 Å². The van der Waals surface area contributed by atoms with Gasteiger partial charge in [-0.25, -0.2) is 4.39 Å². The van der Waals surface area contributed by atoms with Crippen LogP contribution in [0.5, 0.6) is 23.0 Å². The van der Waals surface area contributed by atoms with Gasteiger partial charge in [-0.05, 0) is 18.2 Å². The van der Waals surface area contributed by atoms with Crippen LogP contribution in [0.3, 0.4) is 0 Å². The zero-order chi connectivity index (χ0) is 16.7. The summed E-state index contributed by atoms with van der Waals surface area (Å²) in [6.45, 7) is 0.255. The van der Waals surface area contributed by atoms with Gasteiger partial charge in [0.2, 0.25) is 5.75 Å². The van der Waals surface area contributed by atoms with Crippen LogP contribution in [0.1, 0.15) is 0 Å². The normalized spacial score (nSPS) is 16.4. The maximum absolute atomic E-state index is 14.0. The molecule has 0 aromatic heterocycles. The van der Waals surface area contributed by atoms with Gasteiger partial charge >= 0.3 is 0 Å². The maximum atomic E-state index is 14.0. The van der Waals surface area contributed by atoms with Crippen molar-refractivity contribution >= 4 is 23.2 Å². The molecule has 0 spiro atoms. The Bertz CT molecular complexity index is 762. The summed E-state index contributed by atoms with van der Waals surface area (Å²) in [5.41, 5.74) is 6.02.